The molecule has 4 rings (SSSR count). The Kier molecular flexibility index (Phi) is 6.84. The summed E-state index contributed by atoms with van der Waals surface area (Å²) in [6.45, 7) is 4.74. The van der Waals surface area contributed by atoms with Crippen molar-refractivity contribution in [1.29, 1.82) is 0 Å². The van der Waals surface area contributed by atoms with Gasteiger partial charge in [0.05, 0.1) is 0 Å². The lowest BCUT2D eigenvalue weighted by molar-refractivity contribution is 0.0950. The van der Waals surface area contributed by atoms with Gasteiger partial charge in [-0.05, 0) is 85.0 Å². The number of halogens is 2. The highest BCUT2D eigenvalue weighted by Gasteiger charge is 2.37. The number of hydrogen-bond donors (Lipinski definition) is 2. The van der Waals surface area contributed by atoms with Crippen LogP contribution in [0, 0.1) is 22.5 Å². The maximum absolute atomic E-state index is 13.4. The van der Waals surface area contributed by atoms with Crippen LogP contribution in [0.3, 0.4) is 0 Å². The Morgan fingerprint density at radius 3 is 1.97 bits per heavy atom. The molecule has 0 aliphatic carbocycles. The summed E-state index contributed by atoms with van der Waals surface area (Å²) < 4.78 is 26.9. The van der Waals surface area contributed by atoms with Crippen LogP contribution in [0.2, 0.25) is 0 Å². The molecule has 0 aromatic heterocycles. The van der Waals surface area contributed by atoms with Gasteiger partial charge in [-0.3, -0.25) is 4.79 Å². The highest BCUT2D eigenvalue weighted by molar-refractivity contribution is 5.97. The molecule has 1 amide bonds. The Balaban J connectivity index is 1.56. The summed E-state index contributed by atoms with van der Waals surface area (Å²) in [6, 6.07) is 17.6. The van der Waals surface area contributed by atoms with Crippen molar-refractivity contribution in [2.24, 2.45) is 11.1 Å². The average Bonchev–Trinajstić information content (AvgIpc) is 3.33. The van der Waals surface area contributed by atoms with Crippen molar-refractivity contribution < 1.29 is 13.6 Å². The van der Waals surface area contributed by atoms with Crippen LogP contribution in [0.5, 0.6) is 0 Å². The Bertz CT molecular complexity index is 1110. The molecule has 2 atom stereocenters. The maximum Gasteiger partial charge on any atom is 0.251 e. The summed E-state index contributed by atoms with van der Waals surface area (Å²) in [7, 11) is 0. The van der Waals surface area contributed by atoms with Gasteiger partial charge in [-0.1, -0.05) is 29.4 Å². The highest BCUT2D eigenvalue weighted by atomic mass is 19.1. The van der Waals surface area contributed by atoms with Crippen molar-refractivity contribution in [2.45, 2.75) is 31.8 Å². The molecular weight excluding hydrogens is 436 g/mol. The van der Waals surface area contributed by atoms with Crippen molar-refractivity contribution in [3.8, 4) is 22.3 Å². The molecule has 34 heavy (non-hydrogen) atoms. The first-order chi connectivity index (χ1) is 16.2. The molecule has 1 aliphatic rings. The van der Waals surface area contributed by atoms with Crippen LogP contribution < -0.4 is 10.6 Å². The van der Waals surface area contributed by atoms with Gasteiger partial charge >= 0.3 is 0 Å². The second kappa shape index (κ2) is 9.81. The lowest BCUT2D eigenvalue weighted by atomic mass is 9.86. The topological polar surface area (TPSA) is 70.6 Å². The van der Waals surface area contributed by atoms with Crippen LogP contribution in [-0.2, 0) is 0 Å². The molecule has 0 saturated carbocycles. The molecule has 1 aliphatic heterocycles. The molecule has 176 valence electrons. The zero-order valence-corrected chi connectivity index (χ0v) is 19.1. The SMILES string of the molecule is CC(C)(N=O)[C@@H]1CN[C@H](CNC(=O)c2cc(-c3ccc(F)cc3)cc(-c3ccc(F)cc3)c2)C1. The van der Waals surface area contributed by atoms with Crippen LogP contribution in [0.15, 0.2) is 71.9 Å². The third-order valence-electron chi connectivity index (χ3n) is 6.52. The largest absolute Gasteiger partial charge is 0.350 e. The molecule has 7 heteroatoms. The van der Waals surface area contributed by atoms with Crippen LogP contribution in [0.4, 0.5) is 8.78 Å². The number of carbonyl (C=O) groups is 1. The Morgan fingerprint density at radius 1 is 0.941 bits per heavy atom. The minimum absolute atomic E-state index is 0.0480. The monoisotopic (exact) mass is 463 g/mol. The van der Waals surface area contributed by atoms with Crippen molar-refractivity contribution in [1.82, 2.24) is 10.6 Å². The number of rotatable bonds is 7. The smallest absolute Gasteiger partial charge is 0.251 e. The van der Waals surface area contributed by atoms with Crippen LogP contribution in [-0.4, -0.2) is 30.6 Å². The van der Waals surface area contributed by atoms with Gasteiger partial charge in [-0.25, -0.2) is 8.78 Å². The number of nitroso groups, excluding NO2 is 1. The standard InChI is InChI=1S/C27H27F2N3O2/c1-27(2,32-34)22-14-25(30-15-22)16-31-26(33)21-12-19(17-3-7-23(28)8-4-17)11-20(13-21)18-5-9-24(29)10-6-18/h3-13,22,25,30H,14-16H2,1-2H3,(H,31,33)/t22-,25-/m0/s1. The van der Waals surface area contributed by atoms with Crippen LogP contribution in [0.1, 0.15) is 30.6 Å². The van der Waals surface area contributed by atoms with Gasteiger partial charge in [0.1, 0.15) is 17.2 Å². The summed E-state index contributed by atoms with van der Waals surface area (Å²) in [5.74, 6) is -0.817. The molecule has 5 nitrogen and oxygen atoms in total. The summed E-state index contributed by atoms with van der Waals surface area (Å²) in [6.07, 6.45) is 0.746. The number of benzene rings is 3. The van der Waals surface area contributed by atoms with Crippen LogP contribution in [0.25, 0.3) is 22.3 Å². The minimum Gasteiger partial charge on any atom is -0.350 e. The van der Waals surface area contributed by atoms with Gasteiger partial charge in [0, 0.05) is 30.6 Å². The third-order valence-corrected chi connectivity index (χ3v) is 6.52. The fraction of sp³-hybridized carbons (Fsp3) is 0.296. The number of nitrogens with zero attached hydrogens (tertiary/aromatic N) is 1. The first-order valence-electron chi connectivity index (χ1n) is 11.3. The van der Waals surface area contributed by atoms with E-state index in [2.05, 4.69) is 15.8 Å². The number of carbonyl (C=O) groups excluding carboxylic acids is 1. The fourth-order valence-electron chi connectivity index (χ4n) is 4.28. The lowest BCUT2D eigenvalue weighted by Crippen LogP contribution is -2.37. The zero-order valence-electron chi connectivity index (χ0n) is 19.1. The number of hydrogen-bond acceptors (Lipinski definition) is 4. The summed E-state index contributed by atoms with van der Waals surface area (Å²) in [5, 5.41) is 9.57. The van der Waals surface area contributed by atoms with E-state index in [1.165, 1.54) is 24.3 Å². The van der Waals surface area contributed by atoms with Crippen molar-refractivity contribution in [3.05, 3.63) is 88.8 Å². The predicted molar refractivity (Wildman–Crippen MR) is 129 cm³/mol. The zero-order chi connectivity index (χ0) is 24.3. The molecule has 3 aromatic rings. The fourth-order valence-corrected chi connectivity index (χ4v) is 4.28. The number of nitrogens with one attached hydrogen (secondary N) is 2. The van der Waals surface area contributed by atoms with Gasteiger partial charge < -0.3 is 10.6 Å². The Labute approximate surface area is 197 Å². The normalized spacial score (nSPS) is 18.0. The molecule has 1 fully saturated rings. The van der Waals surface area contributed by atoms with Gasteiger partial charge in [0.2, 0.25) is 0 Å². The van der Waals surface area contributed by atoms with Crippen molar-refractivity contribution >= 4 is 5.91 Å². The summed E-state index contributed by atoms with van der Waals surface area (Å²) in [4.78, 5) is 24.2. The first-order valence-corrected chi connectivity index (χ1v) is 11.3. The Hall–Kier alpha value is -3.45. The van der Waals surface area contributed by atoms with E-state index in [1.54, 1.807) is 36.4 Å². The molecule has 3 aromatic carbocycles. The van der Waals surface area contributed by atoms with E-state index in [9.17, 15) is 18.5 Å². The van der Waals surface area contributed by atoms with Crippen LogP contribution >= 0.6 is 0 Å². The predicted octanol–water partition coefficient (Wildman–Crippen LogP) is 5.55. The molecule has 0 radical (unpaired) electrons. The first kappa shape index (κ1) is 23.7. The van der Waals surface area contributed by atoms with Crippen molar-refractivity contribution in [2.75, 3.05) is 13.1 Å². The molecule has 1 saturated heterocycles. The van der Waals surface area contributed by atoms with E-state index in [0.717, 1.165) is 28.7 Å². The third kappa shape index (κ3) is 5.37. The van der Waals surface area contributed by atoms with E-state index in [-0.39, 0.29) is 29.5 Å². The maximum atomic E-state index is 13.4. The molecule has 0 unspecified atom stereocenters. The second-order valence-corrected chi connectivity index (χ2v) is 9.31. The summed E-state index contributed by atoms with van der Waals surface area (Å²) >= 11 is 0. The van der Waals surface area contributed by atoms with E-state index >= 15 is 0 Å². The second-order valence-electron chi connectivity index (χ2n) is 9.31. The number of amides is 1. The molecule has 0 bridgehead atoms. The molecule has 2 N–H and O–H groups in total. The van der Waals surface area contributed by atoms with Gasteiger partial charge in [0.25, 0.3) is 5.91 Å². The molecule has 1 heterocycles. The van der Waals surface area contributed by atoms with Gasteiger partial charge in [0.15, 0.2) is 0 Å². The lowest BCUT2D eigenvalue weighted by Gasteiger charge is -2.22. The van der Waals surface area contributed by atoms with E-state index in [0.29, 0.717) is 18.7 Å². The quantitative estimate of drug-likeness (QED) is 0.451. The van der Waals surface area contributed by atoms with Gasteiger partial charge in [-0.2, -0.15) is 4.91 Å². The molecular formula is C27H27F2N3O2. The minimum atomic E-state index is -0.653. The Morgan fingerprint density at radius 2 is 1.47 bits per heavy atom. The van der Waals surface area contributed by atoms with Gasteiger partial charge in [-0.15, -0.1) is 0 Å². The van der Waals surface area contributed by atoms with E-state index in [4.69, 9.17) is 0 Å². The van der Waals surface area contributed by atoms with E-state index < -0.39 is 5.54 Å². The van der Waals surface area contributed by atoms with Crippen molar-refractivity contribution in [3.63, 3.8) is 0 Å². The molecule has 0 spiro atoms. The summed E-state index contributed by atoms with van der Waals surface area (Å²) in [5.41, 5.74) is 2.84. The van der Waals surface area contributed by atoms with E-state index in [1.807, 2.05) is 19.9 Å². The highest BCUT2D eigenvalue weighted by Crippen LogP contribution is 2.30. The average molecular weight is 464 g/mol.